The van der Waals surface area contributed by atoms with Crippen molar-refractivity contribution in [3.8, 4) is 0 Å². The Morgan fingerprint density at radius 2 is 1.85 bits per heavy atom. The molecular weight excluding hydrogens is 321 g/mol. The maximum absolute atomic E-state index is 13.5. The predicted molar refractivity (Wildman–Crippen MR) is 81.0 cm³/mol. The molecule has 0 spiro atoms. The van der Waals surface area contributed by atoms with E-state index in [2.05, 4.69) is 15.9 Å². The van der Waals surface area contributed by atoms with Crippen molar-refractivity contribution in [1.82, 2.24) is 4.90 Å². The number of rotatable bonds is 4. The Bertz CT molecular complexity index is 601. The van der Waals surface area contributed by atoms with Crippen LogP contribution in [0.15, 0.2) is 53.0 Å². The molecule has 2 aromatic rings. The summed E-state index contributed by atoms with van der Waals surface area (Å²) in [5.74, 6) is -0.602. The Labute approximate surface area is 126 Å². The van der Waals surface area contributed by atoms with Gasteiger partial charge in [-0.15, -0.1) is 0 Å². The van der Waals surface area contributed by atoms with Gasteiger partial charge in [0.15, 0.2) is 0 Å². The van der Waals surface area contributed by atoms with Crippen LogP contribution in [-0.2, 0) is 6.54 Å². The lowest BCUT2D eigenvalue weighted by Gasteiger charge is -2.21. The number of nitrogens with zero attached hydrogens (tertiary/aromatic N) is 1. The van der Waals surface area contributed by atoms with E-state index in [1.54, 1.807) is 17.0 Å². The minimum absolute atomic E-state index is 0.178. The molecule has 0 aliphatic heterocycles. The van der Waals surface area contributed by atoms with Crippen LogP contribution in [0.1, 0.15) is 22.8 Å². The van der Waals surface area contributed by atoms with Gasteiger partial charge in [0.05, 0.1) is 10.0 Å². The zero-order valence-corrected chi connectivity index (χ0v) is 12.7. The first-order valence-electron chi connectivity index (χ1n) is 6.40. The zero-order chi connectivity index (χ0) is 14.5. The van der Waals surface area contributed by atoms with E-state index < -0.39 is 5.82 Å². The van der Waals surface area contributed by atoms with Crippen LogP contribution in [0, 0.1) is 5.82 Å². The highest BCUT2D eigenvalue weighted by atomic mass is 79.9. The van der Waals surface area contributed by atoms with Gasteiger partial charge in [-0.3, -0.25) is 4.79 Å². The number of carbonyl (C=O) groups is 1. The first kappa shape index (κ1) is 14.7. The van der Waals surface area contributed by atoms with Gasteiger partial charge in [-0.05, 0) is 40.5 Å². The van der Waals surface area contributed by atoms with E-state index in [9.17, 15) is 9.18 Å². The van der Waals surface area contributed by atoms with Crippen molar-refractivity contribution in [2.75, 3.05) is 6.54 Å². The fraction of sp³-hybridized carbons (Fsp3) is 0.188. The SMILES string of the molecule is CCN(Cc1ccccc1)C(=O)c1cccc(F)c1Br. The molecule has 2 aromatic carbocycles. The number of halogens is 2. The predicted octanol–water partition coefficient (Wildman–Crippen LogP) is 4.25. The highest BCUT2D eigenvalue weighted by Gasteiger charge is 2.18. The Morgan fingerprint density at radius 3 is 2.50 bits per heavy atom. The summed E-state index contributed by atoms with van der Waals surface area (Å²) in [6, 6.07) is 14.2. The molecule has 2 rings (SSSR count). The summed E-state index contributed by atoms with van der Waals surface area (Å²) in [5.41, 5.74) is 1.40. The lowest BCUT2D eigenvalue weighted by Crippen LogP contribution is -2.30. The van der Waals surface area contributed by atoms with Gasteiger partial charge < -0.3 is 4.90 Å². The minimum Gasteiger partial charge on any atom is -0.335 e. The fourth-order valence-corrected chi connectivity index (χ4v) is 2.40. The monoisotopic (exact) mass is 335 g/mol. The van der Waals surface area contributed by atoms with Crippen LogP contribution in [0.3, 0.4) is 0 Å². The Kier molecular flexibility index (Phi) is 4.90. The van der Waals surface area contributed by atoms with Crippen molar-refractivity contribution in [1.29, 1.82) is 0 Å². The van der Waals surface area contributed by atoms with Gasteiger partial charge in [-0.25, -0.2) is 4.39 Å². The van der Waals surface area contributed by atoms with E-state index in [0.717, 1.165) is 5.56 Å². The van der Waals surface area contributed by atoms with Crippen molar-refractivity contribution in [3.05, 3.63) is 69.9 Å². The van der Waals surface area contributed by atoms with Crippen LogP contribution in [-0.4, -0.2) is 17.4 Å². The minimum atomic E-state index is -0.424. The van der Waals surface area contributed by atoms with Crippen molar-refractivity contribution in [2.24, 2.45) is 0 Å². The Hall–Kier alpha value is -1.68. The average molecular weight is 336 g/mol. The van der Waals surface area contributed by atoms with Gasteiger partial charge in [-0.2, -0.15) is 0 Å². The zero-order valence-electron chi connectivity index (χ0n) is 11.1. The smallest absolute Gasteiger partial charge is 0.255 e. The van der Waals surface area contributed by atoms with Crippen molar-refractivity contribution < 1.29 is 9.18 Å². The van der Waals surface area contributed by atoms with E-state index in [0.29, 0.717) is 18.7 Å². The Morgan fingerprint density at radius 1 is 1.15 bits per heavy atom. The summed E-state index contributed by atoms with van der Waals surface area (Å²) in [4.78, 5) is 14.2. The first-order chi connectivity index (χ1) is 9.63. The number of hydrogen-bond donors (Lipinski definition) is 0. The molecule has 1 amide bonds. The first-order valence-corrected chi connectivity index (χ1v) is 7.20. The van der Waals surface area contributed by atoms with Crippen molar-refractivity contribution in [2.45, 2.75) is 13.5 Å². The van der Waals surface area contributed by atoms with Crippen LogP contribution in [0.5, 0.6) is 0 Å². The standard InChI is InChI=1S/C16H15BrFNO/c1-2-19(11-12-7-4-3-5-8-12)16(20)13-9-6-10-14(18)15(13)17/h3-10H,2,11H2,1H3. The molecule has 0 atom stereocenters. The summed E-state index contributed by atoms with van der Waals surface area (Å²) in [6.45, 7) is 2.99. The van der Waals surface area contributed by atoms with Gasteiger partial charge in [0.25, 0.3) is 5.91 Å². The highest BCUT2D eigenvalue weighted by Crippen LogP contribution is 2.22. The maximum atomic E-state index is 13.5. The third-order valence-corrected chi connectivity index (χ3v) is 3.87. The second-order valence-electron chi connectivity index (χ2n) is 4.41. The third kappa shape index (κ3) is 3.25. The van der Waals surface area contributed by atoms with E-state index in [1.807, 2.05) is 37.3 Å². The summed E-state index contributed by atoms with van der Waals surface area (Å²) < 4.78 is 13.7. The van der Waals surface area contributed by atoms with Gasteiger partial charge in [0.2, 0.25) is 0 Å². The van der Waals surface area contributed by atoms with Gasteiger partial charge in [-0.1, -0.05) is 36.4 Å². The molecule has 0 aliphatic rings. The molecule has 0 radical (unpaired) electrons. The van der Waals surface area contributed by atoms with Crippen LogP contribution in [0.25, 0.3) is 0 Å². The molecule has 0 aromatic heterocycles. The normalized spacial score (nSPS) is 10.3. The van der Waals surface area contributed by atoms with E-state index >= 15 is 0 Å². The number of amides is 1. The van der Waals surface area contributed by atoms with Crippen LogP contribution in [0.2, 0.25) is 0 Å². The third-order valence-electron chi connectivity index (χ3n) is 3.07. The summed E-state index contributed by atoms with van der Waals surface area (Å²) in [7, 11) is 0. The number of hydrogen-bond acceptors (Lipinski definition) is 1. The maximum Gasteiger partial charge on any atom is 0.255 e. The molecule has 0 N–H and O–H groups in total. The highest BCUT2D eigenvalue weighted by molar-refractivity contribution is 9.10. The molecule has 20 heavy (non-hydrogen) atoms. The molecule has 0 bridgehead atoms. The number of carbonyl (C=O) groups excluding carboxylic acids is 1. The molecule has 0 saturated carbocycles. The lowest BCUT2D eigenvalue weighted by molar-refractivity contribution is 0.0751. The molecule has 104 valence electrons. The van der Waals surface area contributed by atoms with Gasteiger partial charge in [0, 0.05) is 13.1 Å². The van der Waals surface area contributed by atoms with Crippen LogP contribution >= 0.6 is 15.9 Å². The second kappa shape index (κ2) is 6.66. The lowest BCUT2D eigenvalue weighted by atomic mass is 10.1. The molecule has 0 heterocycles. The Balaban J connectivity index is 2.23. The van der Waals surface area contributed by atoms with Gasteiger partial charge >= 0.3 is 0 Å². The molecule has 0 fully saturated rings. The fourth-order valence-electron chi connectivity index (χ4n) is 1.97. The van der Waals surface area contributed by atoms with Crippen molar-refractivity contribution >= 4 is 21.8 Å². The van der Waals surface area contributed by atoms with Gasteiger partial charge in [0.1, 0.15) is 5.82 Å². The summed E-state index contributed by atoms with van der Waals surface area (Å²) in [5, 5.41) is 0. The molecule has 4 heteroatoms. The largest absolute Gasteiger partial charge is 0.335 e. The quantitative estimate of drug-likeness (QED) is 0.817. The average Bonchev–Trinajstić information content (AvgIpc) is 2.48. The second-order valence-corrected chi connectivity index (χ2v) is 5.20. The molecule has 0 aliphatic carbocycles. The van der Waals surface area contributed by atoms with E-state index in [1.165, 1.54) is 6.07 Å². The summed E-state index contributed by atoms with van der Waals surface area (Å²) >= 11 is 3.14. The van der Waals surface area contributed by atoms with E-state index in [-0.39, 0.29) is 10.4 Å². The summed E-state index contributed by atoms with van der Waals surface area (Å²) in [6.07, 6.45) is 0. The molecule has 0 unspecified atom stereocenters. The molecule has 2 nitrogen and oxygen atoms in total. The van der Waals surface area contributed by atoms with Crippen LogP contribution in [0.4, 0.5) is 4.39 Å². The topological polar surface area (TPSA) is 20.3 Å². The van der Waals surface area contributed by atoms with Crippen LogP contribution < -0.4 is 0 Å². The number of benzene rings is 2. The molecular formula is C16H15BrFNO. The van der Waals surface area contributed by atoms with Crippen molar-refractivity contribution in [3.63, 3.8) is 0 Å². The van der Waals surface area contributed by atoms with E-state index in [4.69, 9.17) is 0 Å². The molecule has 0 saturated heterocycles.